The summed E-state index contributed by atoms with van der Waals surface area (Å²) in [6.07, 6.45) is 4.98. The third kappa shape index (κ3) is 3.87. The molecule has 4 heteroatoms. The molecular formula is C15H19Cl2NO. The van der Waals surface area contributed by atoms with Gasteiger partial charge in [-0.05, 0) is 36.5 Å². The first-order valence-corrected chi connectivity index (χ1v) is 7.55. The summed E-state index contributed by atoms with van der Waals surface area (Å²) in [6, 6.07) is 5.61. The van der Waals surface area contributed by atoms with Crippen molar-refractivity contribution >= 4 is 29.1 Å². The van der Waals surface area contributed by atoms with Crippen molar-refractivity contribution in [3.05, 3.63) is 33.8 Å². The zero-order valence-corrected chi connectivity index (χ0v) is 12.6. The summed E-state index contributed by atoms with van der Waals surface area (Å²) in [5.74, 6) is 0.563. The third-order valence-electron chi connectivity index (χ3n) is 3.86. The molecule has 1 N–H and O–H groups in total. The van der Waals surface area contributed by atoms with Gasteiger partial charge in [0.2, 0.25) is 5.91 Å². The number of hydrogen-bond acceptors (Lipinski definition) is 1. The van der Waals surface area contributed by atoms with Crippen molar-refractivity contribution in [1.29, 1.82) is 0 Å². The molecule has 0 saturated heterocycles. The van der Waals surface area contributed by atoms with E-state index >= 15 is 0 Å². The zero-order chi connectivity index (χ0) is 13.8. The predicted molar refractivity (Wildman–Crippen MR) is 79.7 cm³/mol. The highest BCUT2D eigenvalue weighted by molar-refractivity contribution is 6.36. The molecule has 1 aromatic rings. The summed E-state index contributed by atoms with van der Waals surface area (Å²) in [6.45, 7) is 2.20. The van der Waals surface area contributed by atoms with Gasteiger partial charge < -0.3 is 5.32 Å². The molecule has 0 aromatic heterocycles. The smallest absolute Gasteiger partial charge is 0.224 e. The van der Waals surface area contributed by atoms with Crippen LogP contribution in [0.1, 0.15) is 38.2 Å². The van der Waals surface area contributed by atoms with Crippen LogP contribution in [0, 0.1) is 5.92 Å². The third-order valence-corrected chi connectivity index (χ3v) is 4.57. The van der Waals surface area contributed by atoms with Gasteiger partial charge >= 0.3 is 0 Å². The Labute approximate surface area is 124 Å². The minimum Gasteiger partial charge on any atom is -0.353 e. The average molecular weight is 300 g/mol. The molecule has 1 aliphatic rings. The topological polar surface area (TPSA) is 29.1 Å². The second kappa shape index (κ2) is 6.62. The van der Waals surface area contributed by atoms with Gasteiger partial charge in [0.1, 0.15) is 0 Å². The van der Waals surface area contributed by atoms with Gasteiger partial charge in [-0.3, -0.25) is 4.79 Å². The van der Waals surface area contributed by atoms with Crippen molar-refractivity contribution in [3.63, 3.8) is 0 Å². The van der Waals surface area contributed by atoms with E-state index in [-0.39, 0.29) is 12.3 Å². The van der Waals surface area contributed by atoms with E-state index in [0.29, 0.717) is 27.6 Å². The number of benzene rings is 1. The molecule has 0 radical (unpaired) electrons. The van der Waals surface area contributed by atoms with Crippen LogP contribution in [0.25, 0.3) is 0 Å². The molecule has 2 nitrogen and oxygen atoms in total. The Kier molecular flexibility index (Phi) is 5.12. The monoisotopic (exact) mass is 299 g/mol. The summed E-state index contributed by atoms with van der Waals surface area (Å²) in [5.41, 5.74) is 0.715. The number of hydrogen-bond donors (Lipinski definition) is 1. The highest BCUT2D eigenvalue weighted by Gasteiger charge is 2.23. The Hall–Kier alpha value is -0.730. The molecule has 0 unspecified atom stereocenters. The summed E-state index contributed by atoms with van der Waals surface area (Å²) in [5, 5.41) is 4.23. The van der Waals surface area contributed by atoms with Crippen LogP contribution in [0.2, 0.25) is 10.0 Å². The Bertz CT molecular complexity index is 441. The fraction of sp³-hybridized carbons (Fsp3) is 0.533. The van der Waals surface area contributed by atoms with Crippen LogP contribution >= 0.6 is 23.2 Å². The normalized spacial score (nSPS) is 23.1. The minimum atomic E-state index is 0.00810. The van der Waals surface area contributed by atoms with Crippen molar-refractivity contribution in [2.45, 2.75) is 45.1 Å². The van der Waals surface area contributed by atoms with E-state index in [9.17, 15) is 4.79 Å². The van der Waals surface area contributed by atoms with Gasteiger partial charge in [0.15, 0.2) is 0 Å². The standard InChI is InChI=1S/C15H19Cl2NO/c1-10-5-2-3-8-14(10)18-15(19)9-11-12(16)6-4-7-13(11)17/h4,6-7,10,14H,2-3,5,8-9H2,1H3,(H,18,19)/t10-,14-/m0/s1. The van der Waals surface area contributed by atoms with E-state index in [1.165, 1.54) is 19.3 Å². The molecule has 19 heavy (non-hydrogen) atoms. The van der Waals surface area contributed by atoms with Crippen molar-refractivity contribution in [2.24, 2.45) is 5.92 Å². The second-order valence-corrected chi connectivity index (χ2v) is 6.13. The second-order valence-electron chi connectivity index (χ2n) is 5.31. The summed E-state index contributed by atoms with van der Waals surface area (Å²) in [4.78, 5) is 12.1. The average Bonchev–Trinajstić information content (AvgIpc) is 2.37. The molecule has 1 saturated carbocycles. The van der Waals surface area contributed by atoms with Gasteiger partial charge in [0, 0.05) is 16.1 Å². The molecular weight excluding hydrogens is 281 g/mol. The van der Waals surface area contributed by atoms with Crippen LogP contribution in [0.5, 0.6) is 0 Å². The van der Waals surface area contributed by atoms with Crippen molar-refractivity contribution < 1.29 is 4.79 Å². The highest BCUT2D eigenvalue weighted by Crippen LogP contribution is 2.26. The maximum absolute atomic E-state index is 12.1. The maximum Gasteiger partial charge on any atom is 0.224 e. The number of halogens is 2. The number of amides is 1. The van der Waals surface area contributed by atoms with Crippen LogP contribution in [0.4, 0.5) is 0 Å². The van der Waals surface area contributed by atoms with E-state index in [4.69, 9.17) is 23.2 Å². The Balaban J connectivity index is 1.97. The van der Waals surface area contributed by atoms with Crippen LogP contribution < -0.4 is 5.32 Å². The van der Waals surface area contributed by atoms with Crippen LogP contribution in [-0.4, -0.2) is 11.9 Å². The van der Waals surface area contributed by atoms with Gasteiger partial charge in [-0.25, -0.2) is 0 Å². The molecule has 0 bridgehead atoms. The van der Waals surface area contributed by atoms with E-state index in [2.05, 4.69) is 12.2 Å². The summed E-state index contributed by atoms with van der Waals surface area (Å²) < 4.78 is 0. The van der Waals surface area contributed by atoms with E-state index in [1.54, 1.807) is 18.2 Å². The Morgan fingerprint density at radius 3 is 2.53 bits per heavy atom. The summed E-state index contributed by atoms with van der Waals surface area (Å²) in [7, 11) is 0. The van der Waals surface area contributed by atoms with Crippen LogP contribution in [0.15, 0.2) is 18.2 Å². The first kappa shape index (κ1) is 14.7. The molecule has 104 valence electrons. The SMILES string of the molecule is C[C@H]1CCCC[C@@H]1NC(=O)Cc1c(Cl)cccc1Cl. The molecule has 2 atom stereocenters. The van der Waals surface area contributed by atoms with Crippen LogP contribution in [-0.2, 0) is 11.2 Å². The molecule has 1 fully saturated rings. The summed E-state index contributed by atoms with van der Waals surface area (Å²) >= 11 is 12.2. The molecule has 1 aliphatic carbocycles. The molecule has 1 amide bonds. The Morgan fingerprint density at radius 1 is 1.26 bits per heavy atom. The molecule has 2 rings (SSSR count). The molecule has 1 aromatic carbocycles. The first-order chi connectivity index (χ1) is 9.08. The maximum atomic E-state index is 12.1. The zero-order valence-electron chi connectivity index (χ0n) is 11.1. The first-order valence-electron chi connectivity index (χ1n) is 6.80. The molecule has 0 heterocycles. The number of carbonyl (C=O) groups is 1. The van der Waals surface area contributed by atoms with Crippen molar-refractivity contribution in [3.8, 4) is 0 Å². The number of rotatable bonds is 3. The quantitative estimate of drug-likeness (QED) is 0.889. The van der Waals surface area contributed by atoms with Gasteiger partial charge in [0.25, 0.3) is 0 Å². The minimum absolute atomic E-state index is 0.00810. The van der Waals surface area contributed by atoms with Crippen molar-refractivity contribution in [2.75, 3.05) is 0 Å². The fourth-order valence-corrected chi connectivity index (χ4v) is 3.18. The van der Waals surface area contributed by atoms with E-state index in [1.807, 2.05) is 0 Å². The Morgan fingerprint density at radius 2 is 1.89 bits per heavy atom. The van der Waals surface area contributed by atoms with Crippen molar-refractivity contribution in [1.82, 2.24) is 5.32 Å². The van der Waals surface area contributed by atoms with E-state index < -0.39 is 0 Å². The van der Waals surface area contributed by atoms with Gasteiger partial charge in [0.05, 0.1) is 6.42 Å². The molecule has 0 aliphatic heterocycles. The lowest BCUT2D eigenvalue weighted by molar-refractivity contribution is -0.121. The largest absolute Gasteiger partial charge is 0.353 e. The number of carbonyl (C=O) groups excluding carboxylic acids is 1. The van der Waals surface area contributed by atoms with E-state index in [0.717, 1.165) is 6.42 Å². The van der Waals surface area contributed by atoms with Gasteiger partial charge in [-0.15, -0.1) is 0 Å². The highest BCUT2D eigenvalue weighted by atomic mass is 35.5. The van der Waals surface area contributed by atoms with Crippen LogP contribution in [0.3, 0.4) is 0 Å². The van der Waals surface area contributed by atoms with Gasteiger partial charge in [-0.2, -0.15) is 0 Å². The van der Waals surface area contributed by atoms with Gasteiger partial charge in [-0.1, -0.05) is 49.0 Å². The number of nitrogens with one attached hydrogen (secondary N) is 1. The fourth-order valence-electron chi connectivity index (χ4n) is 2.65. The lowest BCUT2D eigenvalue weighted by Gasteiger charge is -2.29. The lowest BCUT2D eigenvalue weighted by atomic mass is 9.86. The predicted octanol–water partition coefficient (Wildman–Crippen LogP) is 4.23. The lowest BCUT2D eigenvalue weighted by Crippen LogP contribution is -2.41. The molecule has 0 spiro atoms.